The number of carbonyl (C=O) groups is 1. The van der Waals surface area contributed by atoms with Crippen LogP contribution in [0.4, 0.5) is 0 Å². The Morgan fingerprint density at radius 2 is 1.77 bits per heavy atom. The summed E-state index contributed by atoms with van der Waals surface area (Å²) in [6.45, 7) is 20.1. The highest BCUT2D eigenvalue weighted by molar-refractivity contribution is 5.66. The summed E-state index contributed by atoms with van der Waals surface area (Å²) in [6.07, 6.45) is 5.69. The first-order chi connectivity index (χ1) is 12.4. The van der Waals surface area contributed by atoms with E-state index in [-0.39, 0.29) is 0 Å². The lowest BCUT2D eigenvalue weighted by Gasteiger charge is -2.20. The summed E-state index contributed by atoms with van der Waals surface area (Å²) in [4.78, 5) is 14.7. The number of carbonyl (C=O) groups excluding carboxylic acids is 1. The molecule has 0 aromatic carbocycles. The van der Waals surface area contributed by atoms with Crippen molar-refractivity contribution < 1.29 is 4.79 Å². The highest BCUT2D eigenvalue weighted by Gasteiger charge is 2.37. The van der Waals surface area contributed by atoms with Crippen LogP contribution in [-0.2, 0) is 4.79 Å². The van der Waals surface area contributed by atoms with Gasteiger partial charge in [0.25, 0.3) is 0 Å². The second kappa shape index (κ2) is 14.0. The number of nitrogens with zero attached hydrogens (tertiary/aromatic N) is 4. The molecule has 0 aromatic rings. The number of likely N-dealkylation sites (tertiary alicyclic amines) is 2. The number of likely N-dealkylation sites (N-methyl/N-ethyl adjacent to an activating group) is 1. The molecule has 3 aliphatic rings. The van der Waals surface area contributed by atoms with Crippen LogP contribution in [0.1, 0.15) is 61.3 Å². The van der Waals surface area contributed by atoms with Gasteiger partial charge in [-0.05, 0) is 38.8 Å². The Bertz CT molecular complexity index is 383. The summed E-state index contributed by atoms with van der Waals surface area (Å²) < 4.78 is 0. The highest BCUT2D eigenvalue weighted by Crippen LogP contribution is 2.24. The lowest BCUT2D eigenvalue weighted by atomic mass is 10.1. The Morgan fingerprint density at radius 1 is 1.15 bits per heavy atom. The van der Waals surface area contributed by atoms with Crippen molar-refractivity contribution in [3.63, 3.8) is 0 Å². The SMILES string of the molecule is CC.CC(C)C.CCC1CCN(C)C1.CCN1N=CC2CN(C=O)CC21. The molecule has 5 nitrogen and oxygen atoms in total. The molecular formula is C21H44N4O. The van der Waals surface area contributed by atoms with Gasteiger partial charge in [-0.25, -0.2) is 0 Å². The molecule has 3 aliphatic heterocycles. The summed E-state index contributed by atoms with van der Waals surface area (Å²) in [5.41, 5.74) is 0. The van der Waals surface area contributed by atoms with Gasteiger partial charge in [-0.2, -0.15) is 5.10 Å². The fourth-order valence-corrected chi connectivity index (χ4v) is 3.32. The molecule has 2 fully saturated rings. The van der Waals surface area contributed by atoms with Crippen LogP contribution in [0.25, 0.3) is 0 Å². The Labute approximate surface area is 162 Å². The third-order valence-electron chi connectivity index (χ3n) is 4.69. The third kappa shape index (κ3) is 9.02. The van der Waals surface area contributed by atoms with Gasteiger partial charge in [-0.1, -0.05) is 48.0 Å². The fraction of sp³-hybridized carbons (Fsp3) is 0.905. The maximum absolute atomic E-state index is 10.5. The molecule has 3 atom stereocenters. The van der Waals surface area contributed by atoms with E-state index in [4.69, 9.17) is 0 Å². The van der Waals surface area contributed by atoms with Gasteiger partial charge in [0, 0.05) is 38.3 Å². The lowest BCUT2D eigenvalue weighted by Crippen LogP contribution is -2.32. The molecule has 3 rings (SSSR count). The van der Waals surface area contributed by atoms with Gasteiger partial charge in [0.2, 0.25) is 6.41 Å². The molecule has 26 heavy (non-hydrogen) atoms. The van der Waals surface area contributed by atoms with Crippen molar-refractivity contribution in [2.75, 3.05) is 39.8 Å². The molecule has 0 saturated carbocycles. The van der Waals surface area contributed by atoms with Crippen molar-refractivity contribution in [3.8, 4) is 0 Å². The van der Waals surface area contributed by atoms with Gasteiger partial charge < -0.3 is 9.80 Å². The summed E-state index contributed by atoms with van der Waals surface area (Å²) in [7, 11) is 2.20. The molecule has 1 amide bonds. The summed E-state index contributed by atoms with van der Waals surface area (Å²) in [5.74, 6) is 2.30. The Kier molecular flexibility index (Phi) is 13.4. The molecule has 3 heterocycles. The van der Waals surface area contributed by atoms with Crippen molar-refractivity contribution in [1.82, 2.24) is 14.8 Å². The number of fused-ring (bicyclic) bond motifs is 1. The van der Waals surface area contributed by atoms with E-state index in [1.165, 1.54) is 25.9 Å². The molecular weight excluding hydrogens is 324 g/mol. The van der Waals surface area contributed by atoms with Gasteiger partial charge in [-0.3, -0.25) is 9.80 Å². The molecule has 5 heteroatoms. The van der Waals surface area contributed by atoms with Crippen LogP contribution in [-0.4, -0.2) is 73.2 Å². The lowest BCUT2D eigenvalue weighted by molar-refractivity contribution is -0.117. The Hall–Kier alpha value is -1.10. The second-order valence-electron chi connectivity index (χ2n) is 7.87. The zero-order valence-corrected chi connectivity index (χ0v) is 18.6. The Morgan fingerprint density at radius 3 is 2.15 bits per heavy atom. The van der Waals surface area contributed by atoms with Gasteiger partial charge in [0.1, 0.15) is 0 Å². The third-order valence-corrected chi connectivity index (χ3v) is 4.69. The monoisotopic (exact) mass is 368 g/mol. The standard InChI is InChI=1S/C8H13N3O.C7H15N.C4H10.C2H6/c1-2-11-8-5-10(6-12)4-7(8)3-9-11;1-3-7-4-5-8(2)6-7;1-4(2)3;1-2/h3,6-8H,2,4-5H2,1H3;7H,3-6H2,1-2H3;4H,1-3H3;1-2H3. The van der Waals surface area contributed by atoms with Crippen LogP contribution in [0.2, 0.25) is 0 Å². The van der Waals surface area contributed by atoms with Gasteiger partial charge in [-0.15, -0.1) is 0 Å². The number of amides is 1. The Balaban J connectivity index is 0.000000388. The number of hydrazone groups is 1. The van der Waals surface area contributed by atoms with E-state index < -0.39 is 0 Å². The van der Waals surface area contributed by atoms with Gasteiger partial charge >= 0.3 is 0 Å². The van der Waals surface area contributed by atoms with E-state index in [1.807, 2.05) is 25.0 Å². The highest BCUT2D eigenvalue weighted by atomic mass is 16.1. The largest absolute Gasteiger partial charge is 0.342 e. The summed E-state index contributed by atoms with van der Waals surface area (Å²) in [5, 5.41) is 6.34. The normalized spacial score (nSPS) is 26.4. The summed E-state index contributed by atoms with van der Waals surface area (Å²) >= 11 is 0. The maximum atomic E-state index is 10.5. The second-order valence-corrected chi connectivity index (χ2v) is 7.87. The fourth-order valence-electron chi connectivity index (χ4n) is 3.32. The van der Waals surface area contributed by atoms with Crippen molar-refractivity contribution in [2.45, 2.75) is 67.3 Å². The predicted octanol–water partition coefficient (Wildman–Crippen LogP) is 3.80. The van der Waals surface area contributed by atoms with Crippen molar-refractivity contribution in [3.05, 3.63) is 0 Å². The average molecular weight is 369 g/mol. The van der Waals surface area contributed by atoms with Crippen LogP contribution in [0, 0.1) is 17.8 Å². The van der Waals surface area contributed by atoms with E-state index in [1.54, 1.807) is 0 Å². The minimum Gasteiger partial charge on any atom is -0.342 e. The zero-order chi connectivity index (χ0) is 20.1. The predicted molar refractivity (Wildman–Crippen MR) is 114 cm³/mol. The summed E-state index contributed by atoms with van der Waals surface area (Å²) in [6, 6.07) is 0.445. The minimum atomic E-state index is 0.445. The number of hydrogen-bond acceptors (Lipinski definition) is 4. The number of rotatable bonds is 3. The smallest absolute Gasteiger partial charge is 0.209 e. The zero-order valence-electron chi connectivity index (χ0n) is 18.6. The molecule has 0 radical (unpaired) electrons. The van der Waals surface area contributed by atoms with E-state index in [0.717, 1.165) is 37.9 Å². The van der Waals surface area contributed by atoms with E-state index in [2.05, 4.69) is 56.7 Å². The van der Waals surface area contributed by atoms with E-state index in [9.17, 15) is 4.79 Å². The topological polar surface area (TPSA) is 39.1 Å². The number of hydrogen-bond donors (Lipinski definition) is 0. The molecule has 0 aliphatic carbocycles. The van der Waals surface area contributed by atoms with Crippen LogP contribution < -0.4 is 0 Å². The van der Waals surface area contributed by atoms with E-state index >= 15 is 0 Å². The minimum absolute atomic E-state index is 0.445. The molecule has 154 valence electrons. The molecule has 0 aromatic heterocycles. The van der Waals surface area contributed by atoms with E-state index in [0.29, 0.717) is 12.0 Å². The average Bonchev–Trinajstić information content (AvgIpc) is 3.31. The molecule has 0 spiro atoms. The van der Waals surface area contributed by atoms with Crippen molar-refractivity contribution in [2.24, 2.45) is 22.9 Å². The molecule has 3 unspecified atom stereocenters. The van der Waals surface area contributed by atoms with Gasteiger partial charge in [0.15, 0.2) is 0 Å². The van der Waals surface area contributed by atoms with Crippen LogP contribution in [0.15, 0.2) is 5.10 Å². The van der Waals surface area contributed by atoms with Gasteiger partial charge in [0.05, 0.1) is 6.04 Å². The maximum Gasteiger partial charge on any atom is 0.209 e. The van der Waals surface area contributed by atoms with Crippen LogP contribution in [0.5, 0.6) is 0 Å². The first kappa shape index (κ1) is 24.9. The van der Waals surface area contributed by atoms with Crippen LogP contribution in [0.3, 0.4) is 0 Å². The first-order valence-electron chi connectivity index (χ1n) is 10.6. The molecule has 0 bridgehead atoms. The van der Waals surface area contributed by atoms with Crippen molar-refractivity contribution >= 4 is 12.6 Å². The molecule has 0 N–H and O–H groups in total. The quantitative estimate of drug-likeness (QED) is 0.711. The van der Waals surface area contributed by atoms with Crippen LogP contribution >= 0.6 is 0 Å². The molecule has 2 saturated heterocycles. The van der Waals surface area contributed by atoms with Crippen molar-refractivity contribution in [1.29, 1.82) is 0 Å². The first-order valence-corrected chi connectivity index (χ1v) is 10.6.